The number of sulfonamides is 1. The van der Waals surface area contributed by atoms with E-state index in [4.69, 9.17) is 18.9 Å². The first-order chi connectivity index (χ1) is 15.8. The summed E-state index contributed by atoms with van der Waals surface area (Å²) in [5.74, 6) is -0.381. The molecule has 0 bridgehead atoms. The van der Waals surface area contributed by atoms with Crippen LogP contribution in [0, 0.1) is 0 Å². The van der Waals surface area contributed by atoms with Crippen LogP contribution in [0.2, 0.25) is 0 Å². The van der Waals surface area contributed by atoms with Crippen LogP contribution in [-0.2, 0) is 20.1 Å². The summed E-state index contributed by atoms with van der Waals surface area (Å²) < 4.78 is 112. The number of ether oxygens (including phenoxy) is 4. The Balaban J connectivity index is 2.38. The predicted molar refractivity (Wildman–Crippen MR) is 116 cm³/mol. The van der Waals surface area contributed by atoms with Crippen molar-refractivity contribution in [2.75, 3.05) is 33.2 Å². The van der Waals surface area contributed by atoms with Gasteiger partial charge in [0.25, 0.3) is 10.0 Å². The van der Waals surface area contributed by atoms with Gasteiger partial charge in [-0.15, -0.1) is 0 Å². The Morgan fingerprint density at radius 1 is 0.794 bits per heavy atom. The Hall–Kier alpha value is -3.33. The van der Waals surface area contributed by atoms with Crippen LogP contribution in [0.15, 0.2) is 35.7 Å². The van der Waals surface area contributed by atoms with Crippen molar-refractivity contribution in [3.63, 3.8) is 0 Å². The summed E-state index contributed by atoms with van der Waals surface area (Å²) in [6.45, 7) is 0. The molecule has 10 nitrogen and oxygen atoms in total. The Labute approximate surface area is 194 Å². The number of alkyl halides is 3. The van der Waals surface area contributed by atoms with Crippen molar-refractivity contribution >= 4 is 31.9 Å². The fourth-order valence-electron chi connectivity index (χ4n) is 2.52. The molecule has 0 spiro atoms. The quantitative estimate of drug-likeness (QED) is 0.366. The van der Waals surface area contributed by atoms with E-state index in [1.165, 1.54) is 33.5 Å². The van der Waals surface area contributed by atoms with Gasteiger partial charge in [0.1, 0.15) is 17.2 Å². The number of methoxy groups -OCH3 is 4. The van der Waals surface area contributed by atoms with E-state index >= 15 is 0 Å². The van der Waals surface area contributed by atoms with E-state index in [1.54, 1.807) is 0 Å². The van der Waals surface area contributed by atoms with Crippen LogP contribution in [0.5, 0.6) is 28.7 Å². The van der Waals surface area contributed by atoms with Gasteiger partial charge in [-0.05, 0) is 18.2 Å². The standard InChI is InChI=1S/C19H20F3NO9S2/c1-28-13-10-16(30-3)14(17(11-13)31-4)7-8-33(24,25)23-12-5-6-15(29-2)18(9-12)32-34(26,27)19(20,21)22/h5-11,23H,1-4H3/b8-7+. The zero-order valence-electron chi connectivity index (χ0n) is 18.2. The van der Waals surface area contributed by atoms with Gasteiger partial charge in [0, 0.05) is 18.2 Å². The maximum Gasteiger partial charge on any atom is 0.534 e. The third-order valence-electron chi connectivity index (χ3n) is 4.07. The van der Waals surface area contributed by atoms with Crippen LogP contribution in [0.4, 0.5) is 18.9 Å². The maximum atomic E-state index is 12.7. The van der Waals surface area contributed by atoms with Gasteiger partial charge >= 0.3 is 15.6 Å². The molecular formula is C19H20F3NO9S2. The molecule has 15 heteroatoms. The van der Waals surface area contributed by atoms with Crippen molar-refractivity contribution in [3.05, 3.63) is 41.3 Å². The van der Waals surface area contributed by atoms with Crippen LogP contribution in [-0.4, -0.2) is 50.8 Å². The van der Waals surface area contributed by atoms with Crippen LogP contribution in [0.3, 0.4) is 0 Å². The predicted octanol–water partition coefficient (Wildman–Crippen LogP) is 3.36. The number of anilines is 1. The number of rotatable bonds is 10. The highest BCUT2D eigenvalue weighted by Gasteiger charge is 2.49. The minimum absolute atomic E-state index is 0.236. The largest absolute Gasteiger partial charge is 0.534 e. The van der Waals surface area contributed by atoms with E-state index in [2.05, 4.69) is 8.91 Å². The van der Waals surface area contributed by atoms with Crippen LogP contribution >= 0.6 is 0 Å². The number of nitrogens with one attached hydrogen (secondary N) is 1. The monoisotopic (exact) mass is 527 g/mol. The molecule has 0 fully saturated rings. The summed E-state index contributed by atoms with van der Waals surface area (Å²) in [6, 6.07) is 5.87. The van der Waals surface area contributed by atoms with Crippen molar-refractivity contribution in [1.82, 2.24) is 0 Å². The lowest BCUT2D eigenvalue weighted by Gasteiger charge is -2.14. The number of hydrogen-bond acceptors (Lipinski definition) is 9. The molecule has 0 aliphatic heterocycles. The molecule has 0 atom stereocenters. The first-order valence-corrected chi connectivity index (χ1v) is 11.9. The smallest absolute Gasteiger partial charge is 0.496 e. The number of hydrogen-bond donors (Lipinski definition) is 1. The summed E-state index contributed by atoms with van der Waals surface area (Å²) >= 11 is 0. The van der Waals surface area contributed by atoms with Crippen molar-refractivity contribution < 1.29 is 53.1 Å². The highest BCUT2D eigenvalue weighted by Crippen LogP contribution is 2.37. The van der Waals surface area contributed by atoms with Crippen molar-refractivity contribution in [3.8, 4) is 28.7 Å². The molecule has 0 aromatic heterocycles. The second-order valence-corrected chi connectivity index (χ2v) is 9.35. The Kier molecular flexibility index (Phi) is 8.15. The number of halogens is 3. The van der Waals surface area contributed by atoms with Gasteiger partial charge in [0.15, 0.2) is 11.5 Å². The van der Waals surface area contributed by atoms with E-state index in [1.807, 2.05) is 0 Å². The summed E-state index contributed by atoms with van der Waals surface area (Å²) in [5.41, 5.74) is -5.75. The molecule has 0 aliphatic carbocycles. The minimum atomic E-state index is -6.02. The molecule has 0 aliphatic rings. The van der Waals surface area contributed by atoms with E-state index in [9.17, 15) is 30.0 Å². The summed E-state index contributed by atoms with van der Waals surface area (Å²) in [5, 5.41) is 0.747. The first-order valence-electron chi connectivity index (χ1n) is 8.96. The van der Waals surface area contributed by atoms with Gasteiger partial charge in [-0.2, -0.15) is 21.6 Å². The zero-order valence-corrected chi connectivity index (χ0v) is 19.8. The molecule has 188 valence electrons. The van der Waals surface area contributed by atoms with E-state index in [-0.39, 0.29) is 28.5 Å². The van der Waals surface area contributed by atoms with Gasteiger partial charge in [-0.3, -0.25) is 4.72 Å². The molecule has 0 saturated carbocycles. The van der Waals surface area contributed by atoms with Gasteiger partial charge < -0.3 is 23.1 Å². The fourth-order valence-corrected chi connectivity index (χ4v) is 3.82. The van der Waals surface area contributed by atoms with Crippen molar-refractivity contribution in [1.29, 1.82) is 0 Å². The van der Waals surface area contributed by atoms with Gasteiger partial charge in [0.05, 0.1) is 45.1 Å². The van der Waals surface area contributed by atoms with E-state index in [0.717, 1.165) is 36.8 Å². The molecule has 0 amide bonds. The summed E-state index contributed by atoms with van der Waals surface area (Å²) in [7, 11) is -5.08. The summed E-state index contributed by atoms with van der Waals surface area (Å²) in [4.78, 5) is 0. The van der Waals surface area contributed by atoms with Crippen molar-refractivity contribution in [2.24, 2.45) is 0 Å². The molecule has 0 unspecified atom stereocenters. The summed E-state index contributed by atoms with van der Waals surface area (Å²) in [6.07, 6.45) is 1.16. The molecule has 2 aromatic rings. The van der Waals surface area contributed by atoms with E-state index in [0.29, 0.717) is 5.75 Å². The molecule has 34 heavy (non-hydrogen) atoms. The molecule has 0 radical (unpaired) electrons. The lowest BCUT2D eigenvalue weighted by Crippen LogP contribution is -2.28. The molecular weight excluding hydrogens is 507 g/mol. The fraction of sp³-hybridized carbons (Fsp3) is 0.263. The van der Waals surface area contributed by atoms with Crippen molar-refractivity contribution in [2.45, 2.75) is 5.51 Å². The average molecular weight is 527 g/mol. The van der Waals surface area contributed by atoms with Crippen LogP contribution < -0.4 is 27.9 Å². The first kappa shape index (κ1) is 26.9. The second kappa shape index (κ2) is 10.3. The molecule has 2 rings (SSSR count). The highest BCUT2D eigenvalue weighted by atomic mass is 32.2. The Bertz CT molecular complexity index is 1250. The minimum Gasteiger partial charge on any atom is -0.496 e. The normalized spacial score (nSPS) is 12.3. The Morgan fingerprint density at radius 3 is 1.82 bits per heavy atom. The SMILES string of the molecule is COc1cc(OC)c(/C=C/S(=O)(=O)Nc2ccc(OC)c(OS(=O)(=O)C(F)(F)F)c2)c(OC)c1. The zero-order chi connectivity index (χ0) is 25.7. The lowest BCUT2D eigenvalue weighted by atomic mass is 10.1. The molecule has 1 N–H and O–H groups in total. The van der Waals surface area contributed by atoms with Crippen LogP contribution in [0.1, 0.15) is 5.56 Å². The molecule has 0 saturated heterocycles. The lowest BCUT2D eigenvalue weighted by molar-refractivity contribution is -0.0500. The second-order valence-electron chi connectivity index (χ2n) is 6.24. The van der Waals surface area contributed by atoms with Gasteiger partial charge in [0.2, 0.25) is 0 Å². The van der Waals surface area contributed by atoms with Gasteiger partial charge in [-0.1, -0.05) is 0 Å². The highest BCUT2D eigenvalue weighted by molar-refractivity contribution is 7.95. The number of benzene rings is 2. The third-order valence-corrected chi connectivity index (χ3v) is 6.05. The van der Waals surface area contributed by atoms with Gasteiger partial charge in [-0.25, -0.2) is 8.42 Å². The third kappa shape index (κ3) is 6.38. The average Bonchev–Trinajstić information content (AvgIpc) is 2.76. The molecule has 2 aromatic carbocycles. The van der Waals surface area contributed by atoms with Crippen LogP contribution in [0.25, 0.3) is 6.08 Å². The van der Waals surface area contributed by atoms with E-state index < -0.39 is 31.4 Å². The Morgan fingerprint density at radius 2 is 1.35 bits per heavy atom. The maximum absolute atomic E-state index is 12.7. The topological polar surface area (TPSA) is 126 Å². The molecule has 0 heterocycles.